The number of halogens is 2. The SMILES string of the molecule is CCC1(C)C(Br)CC1Oc1ccc(C)cc1Br. The van der Waals surface area contributed by atoms with Gasteiger partial charge in [0, 0.05) is 10.2 Å². The first-order valence-corrected chi connectivity index (χ1v) is 7.75. The molecule has 1 fully saturated rings. The van der Waals surface area contributed by atoms with Crippen molar-refractivity contribution in [1.82, 2.24) is 0 Å². The first-order chi connectivity index (χ1) is 7.97. The van der Waals surface area contributed by atoms with E-state index in [1.807, 2.05) is 0 Å². The van der Waals surface area contributed by atoms with Crippen molar-refractivity contribution in [3.8, 4) is 5.75 Å². The zero-order valence-electron chi connectivity index (χ0n) is 10.5. The zero-order chi connectivity index (χ0) is 12.6. The van der Waals surface area contributed by atoms with Crippen LogP contribution in [0.15, 0.2) is 22.7 Å². The van der Waals surface area contributed by atoms with Gasteiger partial charge in [0.25, 0.3) is 0 Å². The maximum absolute atomic E-state index is 6.14. The fourth-order valence-electron chi connectivity index (χ4n) is 2.25. The lowest BCUT2D eigenvalue weighted by atomic mass is 9.65. The molecule has 1 saturated carbocycles. The van der Waals surface area contributed by atoms with Gasteiger partial charge in [0.15, 0.2) is 0 Å². The van der Waals surface area contributed by atoms with Crippen LogP contribution in [0.2, 0.25) is 0 Å². The molecule has 1 aliphatic carbocycles. The predicted octanol–water partition coefficient (Wildman–Crippen LogP) is 5.09. The van der Waals surface area contributed by atoms with Crippen LogP contribution in [0.3, 0.4) is 0 Å². The van der Waals surface area contributed by atoms with E-state index in [0.717, 1.165) is 23.1 Å². The third-order valence-corrected chi connectivity index (χ3v) is 6.03. The summed E-state index contributed by atoms with van der Waals surface area (Å²) in [6.07, 6.45) is 2.54. The molecule has 1 aromatic rings. The summed E-state index contributed by atoms with van der Waals surface area (Å²) in [4.78, 5) is 0.578. The molecule has 1 aliphatic rings. The molecule has 0 aromatic heterocycles. The number of rotatable bonds is 3. The molecule has 0 saturated heterocycles. The fourth-order valence-corrected chi connectivity index (χ4v) is 3.80. The van der Waals surface area contributed by atoms with Crippen molar-refractivity contribution in [1.29, 1.82) is 0 Å². The molecule has 94 valence electrons. The van der Waals surface area contributed by atoms with E-state index in [0.29, 0.717) is 10.9 Å². The second-order valence-corrected chi connectivity index (χ2v) is 7.06. The molecule has 3 unspecified atom stereocenters. The van der Waals surface area contributed by atoms with Crippen molar-refractivity contribution < 1.29 is 4.74 Å². The van der Waals surface area contributed by atoms with Crippen LogP contribution in [-0.4, -0.2) is 10.9 Å². The van der Waals surface area contributed by atoms with Gasteiger partial charge < -0.3 is 4.74 Å². The minimum absolute atomic E-state index is 0.254. The molecule has 0 bridgehead atoms. The van der Waals surface area contributed by atoms with E-state index in [4.69, 9.17) is 4.74 Å². The lowest BCUT2D eigenvalue weighted by Crippen LogP contribution is -2.54. The second kappa shape index (κ2) is 4.93. The van der Waals surface area contributed by atoms with Gasteiger partial charge in [0.1, 0.15) is 11.9 Å². The Morgan fingerprint density at radius 1 is 1.47 bits per heavy atom. The average Bonchev–Trinajstić information content (AvgIpc) is 2.30. The average molecular weight is 362 g/mol. The smallest absolute Gasteiger partial charge is 0.133 e. The molecule has 0 spiro atoms. The van der Waals surface area contributed by atoms with E-state index in [1.165, 1.54) is 5.56 Å². The minimum Gasteiger partial charge on any atom is -0.489 e. The molecule has 17 heavy (non-hydrogen) atoms. The molecule has 0 N–H and O–H groups in total. The van der Waals surface area contributed by atoms with Gasteiger partial charge in [-0.15, -0.1) is 0 Å². The Morgan fingerprint density at radius 2 is 2.18 bits per heavy atom. The van der Waals surface area contributed by atoms with Crippen molar-refractivity contribution in [2.45, 2.75) is 44.5 Å². The van der Waals surface area contributed by atoms with Crippen LogP contribution in [0.5, 0.6) is 5.75 Å². The van der Waals surface area contributed by atoms with Gasteiger partial charge in [-0.05, 0) is 53.4 Å². The lowest BCUT2D eigenvalue weighted by molar-refractivity contribution is -0.0247. The van der Waals surface area contributed by atoms with E-state index in [-0.39, 0.29) is 5.41 Å². The lowest BCUT2D eigenvalue weighted by Gasteiger charge is -2.50. The van der Waals surface area contributed by atoms with Gasteiger partial charge in [0.05, 0.1) is 4.47 Å². The van der Waals surface area contributed by atoms with Gasteiger partial charge in [-0.3, -0.25) is 0 Å². The van der Waals surface area contributed by atoms with E-state index in [9.17, 15) is 0 Å². The summed E-state index contributed by atoms with van der Waals surface area (Å²) in [5, 5.41) is 0. The summed E-state index contributed by atoms with van der Waals surface area (Å²) in [6.45, 7) is 6.61. The Kier molecular flexibility index (Phi) is 3.89. The number of alkyl halides is 1. The Bertz CT molecular complexity index is 419. The molecule has 0 amide bonds. The van der Waals surface area contributed by atoms with Crippen LogP contribution in [0.25, 0.3) is 0 Å². The normalized spacial score (nSPS) is 32.1. The third kappa shape index (κ3) is 2.41. The predicted molar refractivity (Wildman–Crippen MR) is 79.0 cm³/mol. The molecule has 0 heterocycles. The van der Waals surface area contributed by atoms with Gasteiger partial charge >= 0.3 is 0 Å². The van der Waals surface area contributed by atoms with Crippen LogP contribution in [-0.2, 0) is 0 Å². The van der Waals surface area contributed by atoms with Gasteiger partial charge in [-0.1, -0.05) is 35.8 Å². The van der Waals surface area contributed by atoms with Crippen LogP contribution >= 0.6 is 31.9 Å². The molecule has 0 radical (unpaired) electrons. The van der Waals surface area contributed by atoms with Crippen molar-refractivity contribution in [2.24, 2.45) is 5.41 Å². The highest BCUT2D eigenvalue weighted by molar-refractivity contribution is 9.10. The van der Waals surface area contributed by atoms with Crippen LogP contribution in [0.4, 0.5) is 0 Å². The topological polar surface area (TPSA) is 9.23 Å². The van der Waals surface area contributed by atoms with E-state index in [2.05, 4.69) is 70.8 Å². The molecular weight excluding hydrogens is 344 g/mol. The van der Waals surface area contributed by atoms with Crippen LogP contribution < -0.4 is 4.74 Å². The highest BCUT2D eigenvalue weighted by atomic mass is 79.9. The van der Waals surface area contributed by atoms with Gasteiger partial charge in [0.2, 0.25) is 0 Å². The standard InChI is InChI=1S/C14H18Br2O/c1-4-14(3)12(16)8-13(14)17-11-6-5-9(2)7-10(11)15/h5-7,12-13H,4,8H2,1-3H3. The number of hydrogen-bond donors (Lipinski definition) is 0. The van der Waals surface area contributed by atoms with Crippen molar-refractivity contribution >= 4 is 31.9 Å². The molecule has 2 rings (SSSR count). The highest BCUT2D eigenvalue weighted by Crippen LogP contribution is 2.50. The number of ether oxygens (including phenoxy) is 1. The molecule has 1 nitrogen and oxygen atoms in total. The Balaban J connectivity index is 2.12. The van der Waals surface area contributed by atoms with Crippen molar-refractivity contribution in [3.05, 3.63) is 28.2 Å². The van der Waals surface area contributed by atoms with Crippen molar-refractivity contribution in [3.63, 3.8) is 0 Å². The quantitative estimate of drug-likeness (QED) is 0.681. The Labute approximate surface area is 120 Å². The Morgan fingerprint density at radius 3 is 2.71 bits per heavy atom. The molecular formula is C14H18Br2O. The second-order valence-electron chi connectivity index (χ2n) is 5.10. The largest absolute Gasteiger partial charge is 0.489 e. The first kappa shape index (κ1) is 13.4. The zero-order valence-corrected chi connectivity index (χ0v) is 13.6. The summed E-state index contributed by atoms with van der Waals surface area (Å²) in [7, 11) is 0. The summed E-state index contributed by atoms with van der Waals surface area (Å²) >= 11 is 7.30. The maximum Gasteiger partial charge on any atom is 0.133 e. The summed E-state index contributed by atoms with van der Waals surface area (Å²) in [6, 6.07) is 6.24. The first-order valence-electron chi connectivity index (χ1n) is 6.04. The number of hydrogen-bond acceptors (Lipinski definition) is 1. The fraction of sp³-hybridized carbons (Fsp3) is 0.571. The maximum atomic E-state index is 6.14. The number of aryl methyl sites for hydroxylation is 1. The van der Waals surface area contributed by atoms with E-state index < -0.39 is 0 Å². The summed E-state index contributed by atoms with van der Waals surface area (Å²) in [5.41, 5.74) is 1.50. The monoisotopic (exact) mass is 360 g/mol. The number of benzene rings is 1. The highest BCUT2D eigenvalue weighted by Gasteiger charge is 2.50. The molecule has 3 heteroatoms. The molecule has 0 aliphatic heterocycles. The van der Waals surface area contributed by atoms with E-state index >= 15 is 0 Å². The Hall–Kier alpha value is -0.0200. The molecule has 1 aromatic carbocycles. The summed E-state index contributed by atoms with van der Waals surface area (Å²) < 4.78 is 7.19. The summed E-state index contributed by atoms with van der Waals surface area (Å²) in [5.74, 6) is 0.958. The van der Waals surface area contributed by atoms with Crippen LogP contribution in [0.1, 0.15) is 32.3 Å². The van der Waals surface area contributed by atoms with E-state index in [1.54, 1.807) is 0 Å². The minimum atomic E-state index is 0.254. The van der Waals surface area contributed by atoms with Gasteiger partial charge in [-0.2, -0.15) is 0 Å². The molecule has 3 atom stereocenters. The third-order valence-electron chi connectivity index (χ3n) is 3.99. The van der Waals surface area contributed by atoms with Gasteiger partial charge in [-0.25, -0.2) is 0 Å². The van der Waals surface area contributed by atoms with Crippen molar-refractivity contribution in [2.75, 3.05) is 0 Å². The van der Waals surface area contributed by atoms with Crippen LogP contribution in [0, 0.1) is 12.3 Å².